The minimum Gasteiger partial charge on any atom is -0.496 e. The number of amides is 1. The van der Waals surface area contributed by atoms with Crippen LogP contribution in [0.3, 0.4) is 0 Å². The van der Waals surface area contributed by atoms with Gasteiger partial charge in [0.1, 0.15) is 17.1 Å². The van der Waals surface area contributed by atoms with Crippen LogP contribution >= 0.6 is 0 Å². The Labute approximate surface area is 206 Å². The van der Waals surface area contributed by atoms with Crippen molar-refractivity contribution < 1.29 is 18.7 Å². The second-order valence-corrected chi connectivity index (χ2v) is 8.52. The maximum atomic E-state index is 12.8. The predicted molar refractivity (Wildman–Crippen MR) is 142 cm³/mol. The van der Waals surface area contributed by atoms with Crippen LogP contribution in [0.5, 0.6) is 11.5 Å². The number of allylic oxidation sites excluding steroid dienone is 1. The highest BCUT2D eigenvalue weighted by Gasteiger charge is 2.17. The number of fused-ring (bicyclic) bond motifs is 1. The third-order valence-electron chi connectivity index (χ3n) is 6.11. The zero-order valence-electron chi connectivity index (χ0n) is 20.7. The minimum atomic E-state index is -0.192. The Morgan fingerprint density at radius 1 is 0.971 bits per heavy atom. The van der Waals surface area contributed by atoms with E-state index in [4.69, 9.17) is 13.9 Å². The average Bonchev–Trinajstić information content (AvgIpc) is 3.30. The molecule has 1 aromatic heterocycles. The molecule has 180 valence electrons. The normalized spacial score (nSPS) is 11.5. The van der Waals surface area contributed by atoms with Gasteiger partial charge in [-0.25, -0.2) is 0 Å². The average molecular weight is 470 g/mol. The summed E-state index contributed by atoms with van der Waals surface area (Å²) in [6.07, 6.45) is 6.70. The Bertz CT molecular complexity index is 1350. The molecule has 1 N–H and O–H groups in total. The number of hydrogen-bond donors (Lipinski definition) is 1. The molecule has 0 aliphatic carbocycles. The number of aryl methyl sites for hydroxylation is 1. The van der Waals surface area contributed by atoms with Crippen LogP contribution in [0.25, 0.3) is 27.7 Å². The zero-order chi connectivity index (χ0) is 24.8. The molecule has 0 radical (unpaired) electrons. The summed E-state index contributed by atoms with van der Waals surface area (Å²) in [5.74, 6) is 1.21. The van der Waals surface area contributed by atoms with Crippen molar-refractivity contribution in [3.05, 3.63) is 84.1 Å². The summed E-state index contributed by atoms with van der Waals surface area (Å²) in [6.45, 7) is 4.09. The van der Waals surface area contributed by atoms with E-state index in [9.17, 15) is 4.79 Å². The van der Waals surface area contributed by atoms with E-state index in [0.29, 0.717) is 11.3 Å². The van der Waals surface area contributed by atoms with Crippen molar-refractivity contribution in [3.8, 4) is 22.6 Å². The SMILES string of the molecule is CCCCc1ccc(NC(=O)/C=C(\C)c2cc3c(-c4ccccc4OC)coc3cc2OC)cc1. The number of carbonyl (C=O) groups excluding carboxylic acids is 1. The summed E-state index contributed by atoms with van der Waals surface area (Å²) in [5, 5.41) is 3.87. The summed E-state index contributed by atoms with van der Waals surface area (Å²) < 4.78 is 17.0. The lowest BCUT2D eigenvalue weighted by atomic mass is 9.98. The number of methoxy groups -OCH3 is 2. The van der Waals surface area contributed by atoms with E-state index in [1.807, 2.05) is 55.5 Å². The van der Waals surface area contributed by atoms with Gasteiger partial charge >= 0.3 is 0 Å². The zero-order valence-corrected chi connectivity index (χ0v) is 20.7. The Morgan fingerprint density at radius 3 is 2.43 bits per heavy atom. The second-order valence-electron chi connectivity index (χ2n) is 8.52. The van der Waals surface area contributed by atoms with Crippen LogP contribution in [0.4, 0.5) is 5.69 Å². The molecule has 3 aromatic carbocycles. The topological polar surface area (TPSA) is 60.7 Å². The van der Waals surface area contributed by atoms with Crippen LogP contribution in [-0.2, 0) is 11.2 Å². The molecule has 0 bridgehead atoms. The van der Waals surface area contributed by atoms with Crippen molar-refractivity contribution in [3.63, 3.8) is 0 Å². The number of ether oxygens (including phenoxy) is 2. The fourth-order valence-corrected chi connectivity index (χ4v) is 4.20. The van der Waals surface area contributed by atoms with E-state index in [1.54, 1.807) is 26.6 Å². The highest BCUT2D eigenvalue weighted by atomic mass is 16.5. The van der Waals surface area contributed by atoms with Gasteiger partial charge in [-0.2, -0.15) is 0 Å². The molecule has 0 aliphatic rings. The first-order valence-corrected chi connectivity index (χ1v) is 11.8. The molecule has 0 saturated carbocycles. The third-order valence-corrected chi connectivity index (χ3v) is 6.11. The molecule has 0 unspecified atom stereocenters. The molecule has 35 heavy (non-hydrogen) atoms. The second kappa shape index (κ2) is 11.0. The predicted octanol–water partition coefficient (Wildman–Crippen LogP) is 7.50. The van der Waals surface area contributed by atoms with Crippen LogP contribution in [0.1, 0.15) is 37.8 Å². The minimum absolute atomic E-state index is 0.192. The van der Waals surface area contributed by atoms with Crippen LogP contribution in [-0.4, -0.2) is 20.1 Å². The molecule has 5 nitrogen and oxygen atoms in total. The molecule has 4 aromatic rings. The fourth-order valence-electron chi connectivity index (χ4n) is 4.20. The van der Waals surface area contributed by atoms with Crippen LogP contribution < -0.4 is 14.8 Å². The summed E-state index contributed by atoms with van der Waals surface area (Å²) >= 11 is 0. The molecule has 0 fully saturated rings. The fraction of sp³-hybridized carbons (Fsp3) is 0.233. The molecule has 0 aliphatic heterocycles. The van der Waals surface area contributed by atoms with Crippen LogP contribution in [0, 0.1) is 0 Å². The first-order valence-electron chi connectivity index (χ1n) is 11.8. The lowest BCUT2D eigenvalue weighted by molar-refractivity contribution is -0.111. The molecule has 1 heterocycles. The summed E-state index contributed by atoms with van der Waals surface area (Å²) in [6, 6.07) is 19.7. The summed E-state index contributed by atoms with van der Waals surface area (Å²) in [7, 11) is 3.27. The van der Waals surface area contributed by atoms with Gasteiger partial charge in [0, 0.05) is 39.9 Å². The summed E-state index contributed by atoms with van der Waals surface area (Å²) in [4.78, 5) is 12.8. The number of unbranched alkanes of at least 4 members (excludes halogenated alkanes) is 1. The first-order chi connectivity index (χ1) is 17.0. The van der Waals surface area contributed by atoms with Crippen molar-refractivity contribution in [1.29, 1.82) is 0 Å². The Balaban J connectivity index is 1.63. The van der Waals surface area contributed by atoms with Crippen molar-refractivity contribution in [1.82, 2.24) is 0 Å². The van der Waals surface area contributed by atoms with E-state index in [0.717, 1.165) is 58.3 Å². The molecule has 1 amide bonds. The van der Waals surface area contributed by atoms with E-state index in [-0.39, 0.29) is 5.91 Å². The van der Waals surface area contributed by atoms with Crippen molar-refractivity contribution in [2.45, 2.75) is 33.1 Å². The molecular weight excluding hydrogens is 438 g/mol. The first kappa shape index (κ1) is 24.1. The number of benzene rings is 3. The molecule has 0 saturated heterocycles. The lowest BCUT2D eigenvalue weighted by Crippen LogP contribution is -2.08. The number of hydrogen-bond acceptors (Lipinski definition) is 4. The van der Waals surface area contributed by atoms with Gasteiger partial charge in [-0.3, -0.25) is 4.79 Å². The number of nitrogens with one attached hydrogen (secondary N) is 1. The van der Waals surface area contributed by atoms with Gasteiger partial charge in [0.2, 0.25) is 5.91 Å². The standard InChI is InChI=1S/C30H31NO4/c1-5-6-9-21-12-14-22(15-13-21)31-30(32)16-20(2)24-17-25-26(19-35-29(25)18-28(24)34-4)23-10-7-8-11-27(23)33-3/h7-8,10-19H,5-6,9H2,1-4H3,(H,31,32)/b20-16+. The quantitative estimate of drug-likeness (QED) is 0.258. The number of furan rings is 1. The van der Waals surface area contributed by atoms with E-state index < -0.39 is 0 Å². The lowest BCUT2D eigenvalue weighted by Gasteiger charge is -2.11. The van der Waals surface area contributed by atoms with Crippen molar-refractivity contribution >= 4 is 28.1 Å². The summed E-state index contributed by atoms with van der Waals surface area (Å²) in [5.41, 5.74) is 6.21. The van der Waals surface area contributed by atoms with Crippen molar-refractivity contribution in [2.75, 3.05) is 19.5 Å². The van der Waals surface area contributed by atoms with Gasteiger partial charge in [0.15, 0.2) is 0 Å². The largest absolute Gasteiger partial charge is 0.496 e. The highest BCUT2D eigenvalue weighted by molar-refractivity contribution is 6.05. The molecule has 0 spiro atoms. The number of para-hydroxylation sites is 1. The molecule has 5 heteroatoms. The number of anilines is 1. The number of rotatable bonds is 9. The van der Waals surface area contributed by atoms with Gasteiger partial charge in [0.25, 0.3) is 0 Å². The van der Waals surface area contributed by atoms with E-state index in [2.05, 4.69) is 24.4 Å². The smallest absolute Gasteiger partial charge is 0.248 e. The van der Waals surface area contributed by atoms with Gasteiger partial charge in [-0.05, 0) is 55.2 Å². The van der Waals surface area contributed by atoms with Crippen LogP contribution in [0.15, 0.2) is 77.4 Å². The third kappa shape index (κ3) is 5.40. The maximum Gasteiger partial charge on any atom is 0.248 e. The Hall–Kier alpha value is -3.99. The molecule has 4 rings (SSSR count). The van der Waals surface area contributed by atoms with Gasteiger partial charge in [-0.1, -0.05) is 43.7 Å². The van der Waals surface area contributed by atoms with Gasteiger partial charge < -0.3 is 19.2 Å². The van der Waals surface area contributed by atoms with Crippen LogP contribution in [0.2, 0.25) is 0 Å². The van der Waals surface area contributed by atoms with E-state index in [1.165, 1.54) is 5.56 Å². The molecular formula is C30H31NO4. The monoisotopic (exact) mass is 469 g/mol. The Kier molecular flexibility index (Phi) is 7.56. The molecule has 0 atom stereocenters. The van der Waals surface area contributed by atoms with Gasteiger partial charge in [0.05, 0.1) is 20.5 Å². The maximum absolute atomic E-state index is 12.8. The highest BCUT2D eigenvalue weighted by Crippen LogP contribution is 2.40. The number of carbonyl (C=O) groups is 1. The van der Waals surface area contributed by atoms with Gasteiger partial charge in [-0.15, -0.1) is 0 Å². The Morgan fingerprint density at radius 2 is 1.71 bits per heavy atom. The van der Waals surface area contributed by atoms with E-state index >= 15 is 0 Å². The van der Waals surface area contributed by atoms with Crippen molar-refractivity contribution in [2.24, 2.45) is 0 Å².